The topological polar surface area (TPSA) is 65.1 Å². The molecular formula is C15H25NO5. The lowest BCUT2D eigenvalue weighted by Gasteiger charge is -2.27. The highest BCUT2D eigenvalue weighted by Gasteiger charge is 2.33. The van der Waals surface area contributed by atoms with E-state index >= 15 is 0 Å². The van der Waals surface area contributed by atoms with Gasteiger partial charge in [-0.1, -0.05) is 0 Å². The minimum absolute atomic E-state index is 0.0683. The summed E-state index contributed by atoms with van der Waals surface area (Å²) in [4.78, 5) is 25.7. The molecule has 0 aromatic heterocycles. The van der Waals surface area contributed by atoms with E-state index in [2.05, 4.69) is 4.74 Å². The minimum Gasteiger partial charge on any atom is -0.469 e. The molecule has 0 bridgehead atoms. The van der Waals surface area contributed by atoms with Crippen molar-refractivity contribution in [1.82, 2.24) is 4.90 Å². The van der Waals surface area contributed by atoms with Crippen molar-refractivity contribution in [2.75, 3.05) is 33.4 Å². The number of carbonyl (C=O) groups excluding carboxylic acids is 2. The number of methoxy groups -OCH3 is 1. The van der Waals surface area contributed by atoms with Gasteiger partial charge in [-0.25, -0.2) is 0 Å². The fourth-order valence-electron chi connectivity index (χ4n) is 2.90. The molecule has 6 nitrogen and oxygen atoms in total. The number of hydrogen-bond acceptors (Lipinski definition) is 5. The number of carbonyl (C=O) groups is 2. The molecule has 0 aromatic carbocycles. The second kappa shape index (κ2) is 7.75. The number of ether oxygens (including phenoxy) is 3. The normalized spacial score (nSPS) is 28.6. The van der Waals surface area contributed by atoms with Gasteiger partial charge in [0.15, 0.2) is 0 Å². The van der Waals surface area contributed by atoms with Crippen LogP contribution in [-0.4, -0.2) is 62.4 Å². The molecule has 2 aliphatic rings. The van der Waals surface area contributed by atoms with Crippen LogP contribution in [0.5, 0.6) is 0 Å². The monoisotopic (exact) mass is 299 g/mol. The van der Waals surface area contributed by atoms with Crippen LogP contribution < -0.4 is 0 Å². The maximum absolute atomic E-state index is 12.6. The van der Waals surface area contributed by atoms with E-state index in [0.29, 0.717) is 19.7 Å². The zero-order chi connectivity index (χ0) is 15.2. The Morgan fingerprint density at radius 2 is 2.14 bits per heavy atom. The first-order valence-corrected chi connectivity index (χ1v) is 7.69. The molecule has 0 N–H and O–H groups in total. The van der Waals surface area contributed by atoms with Gasteiger partial charge in [0.05, 0.1) is 38.3 Å². The predicted octanol–water partition coefficient (Wildman–Crippen LogP) is 0.982. The third-order valence-electron chi connectivity index (χ3n) is 4.12. The van der Waals surface area contributed by atoms with E-state index in [1.54, 1.807) is 4.90 Å². The number of nitrogens with zero attached hydrogens (tertiary/aromatic N) is 1. The Bertz CT molecular complexity index is 367. The zero-order valence-electron chi connectivity index (χ0n) is 12.9. The van der Waals surface area contributed by atoms with E-state index in [-0.39, 0.29) is 36.4 Å². The van der Waals surface area contributed by atoms with Crippen LogP contribution in [-0.2, 0) is 23.8 Å². The molecule has 6 heteroatoms. The van der Waals surface area contributed by atoms with Crippen LogP contribution in [0.3, 0.4) is 0 Å². The third kappa shape index (κ3) is 4.68. The van der Waals surface area contributed by atoms with Crippen LogP contribution in [0.2, 0.25) is 0 Å². The lowest BCUT2D eigenvalue weighted by Crippen LogP contribution is -2.42. The van der Waals surface area contributed by atoms with Crippen molar-refractivity contribution in [2.24, 2.45) is 5.92 Å². The van der Waals surface area contributed by atoms with Crippen molar-refractivity contribution in [1.29, 1.82) is 0 Å². The average Bonchev–Trinajstić information content (AvgIpc) is 3.13. The van der Waals surface area contributed by atoms with Gasteiger partial charge in [0.2, 0.25) is 5.91 Å². The molecule has 0 aliphatic carbocycles. The molecule has 1 amide bonds. The summed E-state index contributed by atoms with van der Waals surface area (Å²) >= 11 is 0. The van der Waals surface area contributed by atoms with E-state index in [0.717, 1.165) is 25.9 Å². The fraction of sp³-hybridized carbons (Fsp3) is 0.867. The summed E-state index contributed by atoms with van der Waals surface area (Å²) < 4.78 is 15.8. The summed E-state index contributed by atoms with van der Waals surface area (Å²) in [6.07, 6.45) is 3.19. The molecular weight excluding hydrogens is 274 g/mol. The SMILES string of the molecule is COC(=O)CCN(CC1CCCO1)C(=O)C1COC(C)C1. The molecule has 120 valence electrons. The molecule has 0 radical (unpaired) electrons. The first-order chi connectivity index (χ1) is 10.1. The van der Waals surface area contributed by atoms with Crippen molar-refractivity contribution in [3.8, 4) is 0 Å². The molecule has 2 rings (SSSR count). The molecule has 2 saturated heterocycles. The molecule has 3 atom stereocenters. The van der Waals surface area contributed by atoms with E-state index in [1.165, 1.54) is 7.11 Å². The van der Waals surface area contributed by atoms with E-state index in [9.17, 15) is 9.59 Å². The van der Waals surface area contributed by atoms with Gasteiger partial charge in [-0.15, -0.1) is 0 Å². The lowest BCUT2D eigenvalue weighted by atomic mass is 10.0. The summed E-state index contributed by atoms with van der Waals surface area (Å²) in [6, 6.07) is 0. The zero-order valence-corrected chi connectivity index (χ0v) is 12.9. The smallest absolute Gasteiger partial charge is 0.307 e. The summed E-state index contributed by atoms with van der Waals surface area (Å²) in [5.41, 5.74) is 0. The Morgan fingerprint density at radius 3 is 2.71 bits per heavy atom. The molecule has 3 unspecified atom stereocenters. The molecule has 0 spiro atoms. The molecule has 2 heterocycles. The first-order valence-electron chi connectivity index (χ1n) is 7.69. The summed E-state index contributed by atoms with van der Waals surface area (Å²) in [5.74, 6) is -0.325. The van der Waals surface area contributed by atoms with E-state index in [4.69, 9.17) is 9.47 Å². The second-order valence-corrected chi connectivity index (χ2v) is 5.82. The van der Waals surface area contributed by atoms with Crippen LogP contribution in [0.1, 0.15) is 32.6 Å². The van der Waals surface area contributed by atoms with Crippen LogP contribution in [0.4, 0.5) is 0 Å². The minimum atomic E-state index is -0.295. The fourth-order valence-corrected chi connectivity index (χ4v) is 2.90. The van der Waals surface area contributed by atoms with Gasteiger partial charge in [-0.3, -0.25) is 9.59 Å². The van der Waals surface area contributed by atoms with E-state index < -0.39 is 0 Å². The van der Waals surface area contributed by atoms with Gasteiger partial charge in [0, 0.05) is 19.7 Å². The van der Waals surface area contributed by atoms with Gasteiger partial charge in [-0.05, 0) is 26.2 Å². The van der Waals surface area contributed by atoms with Crippen molar-refractivity contribution in [3.63, 3.8) is 0 Å². The molecule has 0 aromatic rings. The number of hydrogen-bond donors (Lipinski definition) is 0. The Hall–Kier alpha value is -1.14. The van der Waals surface area contributed by atoms with Gasteiger partial charge in [0.1, 0.15) is 0 Å². The Labute approximate surface area is 125 Å². The third-order valence-corrected chi connectivity index (χ3v) is 4.12. The highest BCUT2D eigenvalue weighted by Crippen LogP contribution is 2.23. The number of esters is 1. The quantitative estimate of drug-likeness (QED) is 0.684. The number of amides is 1. The van der Waals surface area contributed by atoms with Gasteiger partial charge in [-0.2, -0.15) is 0 Å². The summed E-state index contributed by atoms with van der Waals surface area (Å²) in [7, 11) is 1.36. The van der Waals surface area contributed by atoms with Crippen LogP contribution in [0.25, 0.3) is 0 Å². The highest BCUT2D eigenvalue weighted by atomic mass is 16.5. The van der Waals surface area contributed by atoms with E-state index in [1.807, 2.05) is 6.92 Å². The van der Waals surface area contributed by atoms with Crippen molar-refractivity contribution in [2.45, 2.75) is 44.8 Å². The summed E-state index contributed by atoms with van der Waals surface area (Å²) in [5, 5.41) is 0. The number of rotatable bonds is 6. The van der Waals surface area contributed by atoms with Crippen LogP contribution >= 0.6 is 0 Å². The molecule has 2 aliphatic heterocycles. The Balaban J connectivity index is 1.92. The maximum Gasteiger partial charge on any atom is 0.307 e. The van der Waals surface area contributed by atoms with Gasteiger partial charge < -0.3 is 19.1 Å². The van der Waals surface area contributed by atoms with Crippen LogP contribution in [0.15, 0.2) is 0 Å². The first kappa shape index (κ1) is 16.2. The lowest BCUT2D eigenvalue weighted by molar-refractivity contribution is -0.143. The highest BCUT2D eigenvalue weighted by molar-refractivity contribution is 5.80. The van der Waals surface area contributed by atoms with Gasteiger partial charge >= 0.3 is 5.97 Å². The second-order valence-electron chi connectivity index (χ2n) is 5.82. The standard InChI is InChI=1S/C15H25NO5/c1-11-8-12(10-21-11)15(18)16(6-5-14(17)19-2)9-13-4-3-7-20-13/h11-13H,3-10H2,1-2H3. The molecule has 21 heavy (non-hydrogen) atoms. The Morgan fingerprint density at radius 1 is 1.33 bits per heavy atom. The summed E-state index contributed by atoms with van der Waals surface area (Å²) in [6.45, 7) is 4.15. The predicted molar refractivity (Wildman–Crippen MR) is 75.7 cm³/mol. The van der Waals surface area contributed by atoms with Crippen molar-refractivity contribution < 1.29 is 23.8 Å². The van der Waals surface area contributed by atoms with Crippen molar-refractivity contribution >= 4 is 11.9 Å². The molecule has 2 fully saturated rings. The largest absolute Gasteiger partial charge is 0.469 e. The van der Waals surface area contributed by atoms with Crippen molar-refractivity contribution in [3.05, 3.63) is 0 Å². The average molecular weight is 299 g/mol. The maximum atomic E-state index is 12.6. The molecule has 0 saturated carbocycles. The van der Waals surface area contributed by atoms with Gasteiger partial charge in [0.25, 0.3) is 0 Å². The Kier molecular flexibility index (Phi) is 5.99. The van der Waals surface area contributed by atoms with Crippen LogP contribution in [0, 0.1) is 5.92 Å².